The Morgan fingerprint density at radius 2 is 2.20 bits per heavy atom. The Kier molecular flexibility index (Phi) is 2.97. The molecule has 1 amide bonds. The van der Waals surface area contributed by atoms with Crippen LogP contribution in [0.25, 0.3) is 0 Å². The van der Waals surface area contributed by atoms with Crippen LogP contribution in [0.15, 0.2) is 24.3 Å². The second-order valence-electron chi connectivity index (χ2n) is 5.27. The van der Waals surface area contributed by atoms with Crippen molar-refractivity contribution in [2.45, 2.75) is 19.9 Å². The van der Waals surface area contributed by atoms with Crippen LogP contribution in [-0.4, -0.2) is 22.2 Å². The molecule has 5 nitrogen and oxygen atoms in total. The lowest BCUT2D eigenvalue weighted by Gasteiger charge is -2.29. The van der Waals surface area contributed by atoms with Crippen molar-refractivity contribution in [3.63, 3.8) is 0 Å². The predicted octanol–water partition coefficient (Wildman–Crippen LogP) is 1.39. The summed E-state index contributed by atoms with van der Waals surface area (Å²) in [5.41, 5.74) is 10.3. The molecule has 1 aromatic carbocycles. The van der Waals surface area contributed by atoms with E-state index in [0.29, 0.717) is 12.2 Å². The molecule has 2 N–H and O–H groups in total. The van der Waals surface area contributed by atoms with Crippen LogP contribution in [0.1, 0.15) is 27.3 Å². The smallest absolute Gasteiger partial charge is 0.269 e. The highest BCUT2D eigenvalue weighted by atomic mass is 16.1. The van der Waals surface area contributed by atoms with Crippen LogP contribution >= 0.6 is 0 Å². The number of carbonyl (C=O) groups excluding carboxylic acids is 1. The van der Waals surface area contributed by atoms with Gasteiger partial charge in [0.05, 0.1) is 0 Å². The molecule has 2 aromatic rings. The lowest BCUT2D eigenvalue weighted by atomic mass is 10.0. The molecule has 0 aliphatic carbocycles. The summed E-state index contributed by atoms with van der Waals surface area (Å²) in [7, 11) is 1.87. The summed E-state index contributed by atoms with van der Waals surface area (Å²) in [5.74, 6) is -0.451. The minimum atomic E-state index is -0.451. The monoisotopic (exact) mass is 270 g/mol. The van der Waals surface area contributed by atoms with Crippen LogP contribution in [0.5, 0.6) is 0 Å². The van der Waals surface area contributed by atoms with Gasteiger partial charge in [0.2, 0.25) is 0 Å². The van der Waals surface area contributed by atoms with Crippen molar-refractivity contribution in [2.24, 2.45) is 12.8 Å². The topological polar surface area (TPSA) is 64.2 Å². The summed E-state index contributed by atoms with van der Waals surface area (Å²) in [6.07, 6.45) is 0.875. The van der Waals surface area contributed by atoms with Gasteiger partial charge in [-0.3, -0.25) is 9.48 Å². The zero-order valence-electron chi connectivity index (χ0n) is 11.8. The third-order valence-electron chi connectivity index (χ3n) is 3.84. The first kappa shape index (κ1) is 12.7. The van der Waals surface area contributed by atoms with Gasteiger partial charge in [-0.05, 0) is 24.6 Å². The molecule has 1 aromatic heterocycles. The molecule has 0 unspecified atom stereocenters. The molecule has 104 valence electrons. The van der Waals surface area contributed by atoms with Crippen molar-refractivity contribution < 1.29 is 4.79 Å². The molecule has 2 heterocycles. The van der Waals surface area contributed by atoms with Crippen LogP contribution in [0, 0.1) is 6.92 Å². The molecule has 0 saturated heterocycles. The number of hydrogen-bond donors (Lipinski definition) is 1. The number of rotatable bonds is 2. The second kappa shape index (κ2) is 4.67. The molecule has 1 aliphatic heterocycles. The maximum atomic E-state index is 11.5. The van der Waals surface area contributed by atoms with E-state index in [2.05, 4.69) is 41.2 Å². The van der Waals surface area contributed by atoms with Gasteiger partial charge in [-0.25, -0.2) is 0 Å². The van der Waals surface area contributed by atoms with Gasteiger partial charge >= 0.3 is 0 Å². The number of anilines is 1. The fourth-order valence-electron chi connectivity index (χ4n) is 2.84. The van der Waals surface area contributed by atoms with Crippen molar-refractivity contribution in [1.29, 1.82) is 0 Å². The van der Waals surface area contributed by atoms with E-state index in [1.54, 1.807) is 4.68 Å². The summed E-state index contributed by atoms with van der Waals surface area (Å²) >= 11 is 0. The molecular formula is C15H18N4O. The minimum Gasteiger partial charge on any atom is -0.367 e. The first-order chi connectivity index (χ1) is 9.56. The van der Waals surface area contributed by atoms with Gasteiger partial charge in [-0.2, -0.15) is 5.10 Å². The lowest BCUT2D eigenvalue weighted by Crippen LogP contribution is -2.31. The summed E-state index contributed by atoms with van der Waals surface area (Å²) in [6.45, 7) is 3.69. The number of amides is 1. The zero-order valence-corrected chi connectivity index (χ0v) is 11.8. The molecule has 3 rings (SSSR count). The lowest BCUT2D eigenvalue weighted by molar-refractivity contribution is 0.0994. The highest BCUT2D eigenvalue weighted by Crippen LogP contribution is 2.26. The van der Waals surface area contributed by atoms with E-state index in [1.807, 2.05) is 7.05 Å². The van der Waals surface area contributed by atoms with Gasteiger partial charge in [-0.1, -0.05) is 12.1 Å². The van der Waals surface area contributed by atoms with Crippen LogP contribution < -0.4 is 10.6 Å². The quantitative estimate of drug-likeness (QED) is 0.897. The highest BCUT2D eigenvalue weighted by Gasteiger charge is 2.26. The Morgan fingerprint density at radius 1 is 1.40 bits per heavy atom. The number of nitrogens with zero attached hydrogens (tertiary/aromatic N) is 3. The molecule has 0 saturated carbocycles. The van der Waals surface area contributed by atoms with Gasteiger partial charge in [0.1, 0.15) is 0 Å². The average Bonchev–Trinajstić information content (AvgIpc) is 2.76. The summed E-state index contributed by atoms with van der Waals surface area (Å²) in [6, 6.07) is 8.39. The number of benzene rings is 1. The molecule has 1 aliphatic rings. The Morgan fingerprint density at radius 3 is 2.90 bits per heavy atom. The van der Waals surface area contributed by atoms with Gasteiger partial charge in [0, 0.05) is 43.5 Å². The van der Waals surface area contributed by atoms with E-state index in [0.717, 1.165) is 24.2 Å². The van der Waals surface area contributed by atoms with Gasteiger partial charge in [-0.15, -0.1) is 0 Å². The number of primary amides is 1. The number of hydrogen-bond acceptors (Lipinski definition) is 3. The summed E-state index contributed by atoms with van der Waals surface area (Å²) < 4.78 is 1.78. The van der Waals surface area contributed by atoms with Crippen molar-refractivity contribution >= 4 is 11.6 Å². The molecule has 0 bridgehead atoms. The van der Waals surface area contributed by atoms with Crippen LogP contribution in [-0.2, 0) is 20.0 Å². The van der Waals surface area contributed by atoms with Crippen molar-refractivity contribution in [3.05, 3.63) is 46.8 Å². The van der Waals surface area contributed by atoms with E-state index >= 15 is 0 Å². The first-order valence-corrected chi connectivity index (χ1v) is 6.72. The number of aryl methyl sites for hydroxylation is 2. The molecule has 0 fully saturated rings. The Balaban J connectivity index is 1.97. The number of aromatic nitrogens is 2. The van der Waals surface area contributed by atoms with Gasteiger partial charge in [0.25, 0.3) is 5.91 Å². The first-order valence-electron chi connectivity index (χ1n) is 6.72. The number of fused-ring (bicyclic) bond motifs is 1. The number of carbonyl (C=O) groups is 1. The third kappa shape index (κ3) is 2.05. The van der Waals surface area contributed by atoms with E-state index in [9.17, 15) is 4.79 Å². The molecule has 0 atom stereocenters. The van der Waals surface area contributed by atoms with E-state index in [-0.39, 0.29) is 0 Å². The van der Waals surface area contributed by atoms with Crippen molar-refractivity contribution in [3.8, 4) is 0 Å². The van der Waals surface area contributed by atoms with E-state index in [1.165, 1.54) is 11.3 Å². The van der Waals surface area contributed by atoms with Crippen molar-refractivity contribution in [1.82, 2.24) is 9.78 Å². The summed E-state index contributed by atoms with van der Waals surface area (Å²) in [4.78, 5) is 13.8. The fraction of sp³-hybridized carbons (Fsp3) is 0.333. The molecule has 0 spiro atoms. The SMILES string of the molecule is Cc1cccc(N2CCc3c(c(C(N)=O)nn3C)C2)c1. The Labute approximate surface area is 118 Å². The second-order valence-corrected chi connectivity index (χ2v) is 5.27. The Hall–Kier alpha value is -2.30. The van der Waals surface area contributed by atoms with Crippen LogP contribution in [0.4, 0.5) is 5.69 Å². The third-order valence-corrected chi connectivity index (χ3v) is 3.84. The molecule has 5 heteroatoms. The van der Waals surface area contributed by atoms with Crippen LogP contribution in [0.2, 0.25) is 0 Å². The van der Waals surface area contributed by atoms with Gasteiger partial charge in [0.15, 0.2) is 5.69 Å². The fourth-order valence-corrected chi connectivity index (χ4v) is 2.84. The minimum absolute atomic E-state index is 0.403. The Bertz CT molecular complexity index is 675. The van der Waals surface area contributed by atoms with E-state index < -0.39 is 5.91 Å². The van der Waals surface area contributed by atoms with Crippen molar-refractivity contribution in [2.75, 3.05) is 11.4 Å². The maximum Gasteiger partial charge on any atom is 0.269 e. The maximum absolute atomic E-state index is 11.5. The van der Waals surface area contributed by atoms with E-state index in [4.69, 9.17) is 5.73 Å². The average molecular weight is 270 g/mol. The standard InChI is InChI=1S/C15H18N4O/c1-10-4-3-5-11(8-10)19-7-6-13-12(9-19)14(15(16)20)17-18(13)2/h3-5,8H,6-7,9H2,1-2H3,(H2,16,20). The molecule has 0 radical (unpaired) electrons. The highest BCUT2D eigenvalue weighted by molar-refractivity contribution is 5.92. The molecular weight excluding hydrogens is 252 g/mol. The zero-order chi connectivity index (χ0) is 14.3. The number of nitrogens with two attached hydrogens (primary N) is 1. The largest absolute Gasteiger partial charge is 0.367 e. The predicted molar refractivity (Wildman–Crippen MR) is 77.7 cm³/mol. The molecule has 20 heavy (non-hydrogen) atoms. The normalized spacial score (nSPS) is 14.2. The van der Waals surface area contributed by atoms with Gasteiger partial charge < -0.3 is 10.6 Å². The van der Waals surface area contributed by atoms with Crippen LogP contribution in [0.3, 0.4) is 0 Å². The summed E-state index contributed by atoms with van der Waals surface area (Å²) in [5, 5.41) is 4.25.